The van der Waals surface area contributed by atoms with Crippen molar-refractivity contribution >= 4 is 15.7 Å². The number of anilines is 1. The van der Waals surface area contributed by atoms with Crippen LogP contribution < -0.4 is 15.2 Å². The third-order valence-electron chi connectivity index (χ3n) is 7.50. The number of halogens is 1. The van der Waals surface area contributed by atoms with Crippen LogP contribution in [0, 0.1) is 11.7 Å². The van der Waals surface area contributed by atoms with Crippen LogP contribution in [0.5, 0.6) is 5.75 Å². The smallest absolute Gasteiger partial charge is 0.243 e. The fourth-order valence-corrected chi connectivity index (χ4v) is 6.73. The Kier molecular flexibility index (Phi) is 7.11. The van der Waals surface area contributed by atoms with Gasteiger partial charge in [0, 0.05) is 37.3 Å². The van der Waals surface area contributed by atoms with Crippen LogP contribution in [0.25, 0.3) is 0 Å². The highest BCUT2D eigenvalue weighted by molar-refractivity contribution is 7.89. The molecule has 7 nitrogen and oxygen atoms in total. The van der Waals surface area contributed by atoms with Gasteiger partial charge in [0.05, 0.1) is 23.4 Å². The van der Waals surface area contributed by atoms with E-state index in [1.165, 1.54) is 17.7 Å². The summed E-state index contributed by atoms with van der Waals surface area (Å²) in [5.74, 6) is 0.392. The van der Waals surface area contributed by atoms with E-state index in [0.29, 0.717) is 25.3 Å². The van der Waals surface area contributed by atoms with Crippen LogP contribution in [-0.4, -0.2) is 57.5 Å². The van der Waals surface area contributed by atoms with Gasteiger partial charge < -0.3 is 15.1 Å². The Morgan fingerprint density at radius 3 is 2.43 bits per heavy atom. The maximum absolute atomic E-state index is 13.6. The van der Waals surface area contributed by atoms with Gasteiger partial charge in [-0.3, -0.25) is 5.01 Å². The second-order valence-electron chi connectivity index (χ2n) is 9.42. The molecule has 2 heterocycles. The molecule has 0 amide bonds. The maximum atomic E-state index is 13.6. The van der Waals surface area contributed by atoms with Crippen molar-refractivity contribution in [2.75, 3.05) is 44.8 Å². The molecule has 0 saturated carbocycles. The van der Waals surface area contributed by atoms with Crippen LogP contribution in [0.4, 0.5) is 10.1 Å². The minimum atomic E-state index is -3.65. The number of hydrazine groups is 1. The molecule has 37 heavy (non-hydrogen) atoms. The van der Waals surface area contributed by atoms with Crippen molar-refractivity contribution in [1.82, 2.24) is 14.6 Å². The number of sulfonamides is 1. The molecule has 0 aromatic heterocycles. The summed E-state index contributed by atoms with van der Waals surface area (Å²) >= 11 is 0. The minimum absolute atomic E-state index is 0.0433. The predicted molar refractivity (Wildman–Crippen MR) is 143 cm³/mol. The molecule has 2 aromatic carbocycles. The molecular formula is C28H33FN4O3S. The van der Waals surface area contributed by atoms with Crippen LogP contribution in [0.2, 0.25) is 0 Å². The molecule has 0 unspecified atom stereocenters. The van der Waals surface area contributed by atoms with Gasteiger partial charge in [0.2, 0.25) is 10.0 Å². The molecule has 0 fully saturated rings. The molecular weight excluding hydrogens is 491 g/mol. The fraction of sp³-hybridized carbons (Fsp3) is 0.357. The van der Waals surface area contributed by atoms with Crippen molar-refractivity contribution in [2.45, 2.75) is 25.2 Å². The summed E-state index contributed by atoms with van der Waals surface area (Å²) in [6.45, 7) is 7.67. The average molecular weight is 525 g/mol. The lowest BCUT2D eigenvalue weighted by Gasteiger charge is -2.39. The molecule has 0 bridgehead atoms. The van der Waals surface area contributed by atoms with Crippen LogP contribution in [0.3, 0.4) is 0 Å². The van der Waals surface area contributed by atoms with E-state index in [0.717, 1.165) is 42.2 Å². The van der Waals surface area contributed by atoms with E-state index < -0.39 is 10.0 Å². The third kappa shape index (κ3) is 4.79. The zero-order valence-corrected chi connectivity index (χ0v) is 22.3. The first kappa shape index (κ1) is 25.5. The summed E-state index contributed by atoms with van der Waals surface area (Å²) in [6, 6.07) is 13.0. The van der Waals surface area contributed by atoms with E-state index in [1.807, 2.05) is 11.2 Å². The van der Waals surface area contributed by atoms with Gasteiger partial charge in [-0.15, -0.1) is 0 Å². The number of hydrogen-bond acceptors (Lipinski definition) is 6. The molecule has 1 N–H and O–H groups in total. The number of rotatable bonds is 8. The number of nitrogens with zero attached hydrogens (tertiary/aromatic N) is 3. The molecule has 1 atom stereocenters. The van der Waals surface area contributed by atoms with E-state index in [1.54, 1.807) is 47.8 Å². The standard InChI is InChI=1S/C28H33FN4O3S/c1-4-31(5-2)18-27-25-17-30-33(22-8-6-21(29)7-9-22)28(25)16-20-14-15-32(19-26(20)27)37(34,35)24-12-10-23(36-3)11-13-24/h6-13,16-17,27,30H,4-5,14-15,18-19H2,1-3H3/t27-/m1/s1. The van der Waals surface area contributed by atoms with Gasteiger partial charge in [-0.2, -0.15) is 4.31 Å². The highest BCUT2D eigenvalue weighted by Crippen LogP contribution is 2.43. The first-order chi connectivity index (χ1) is 17.8. The number of allylic oxidation sites excluding steroid dienone is 2. The first-order valence-electron chi connectivity index (χ1n) is 12.7. The molecule has 2 aromatic rings. The van der Waals surface area contributed by atoms with Gasteiger partial charge in [-0.25, -0.2) is 12.8 Å². The number of methoxy groups -OCH3 is 1. The predicted octanol–water partition coefficient (Wildman–Crippen LogP) is 4.29. The number of fused-ring (bicyclic) bond motifs is 1. The molecule has 0 spiro atoms. The number of benzene rings is 2. The summed E-state index contributed by atoms with van der Waals surface area (Å²) in [5.41, 5.74) is 8.69. The second kappa shape index (κ2) is 10.3. The topological polar surface area (TPSA) is 65.1 Å². The zero-order chi connectivity index (χ0) is 26.2. The first-order valence-corrected chi connectivity index (χ1v) is 14.1. The van der Waals surface area contributed by atoms with Gasteiger partial charge in [0.1, 0.15) is 11.6 Å². The molecule has 196 valence electrons. The fourth-order valence-electron chi connectivity index (χ4n) is 5.32. The van der Waals surface area contributed by atoms with E-state index >= 15 is 0 Å². The van der Waals surface area contributed by atoms with Gasteiger partial charge in [-0.05, 0) is 85.3 Å². The lowest BCUT2D eigenvalue weighted by atomic mass is 9.79. The van der Waals surface area contributed by atoms with E-state index in [2.05, 4.69) is 30.2 Å². The van der Waals surface area contributed by atoms with Crippen molar-refractivity contribution in [3.8, 4) is 5.75 Å². The number of ether oxygens (including phenoxy) is 1. The summed E-state index contributed by atoms with van der Waals surface area (Å²) in [6.07, 6.45) is 4.80. The van der Waals surface area contributed by atoms with Crippen LogP contribution in [-0.2, 0) is 10.0 Å². The molecule has 0 saturated heterocycles. The SMILES string of the molecule is CCN(CC)C[C@@H]1C2=CNN(c3ccc(F)cc3)C2=CC2=C1CN(S(=O)(=O)c1ccc(OC)cc1)CC2. The summed E-state index contributed by atoms with van der Waals surface area (Å²) in [5, 5.41) is 1.98. The quantitative estimate of drug-likeness (QED) is 0.556. The number of nitrogens with one attached hydrogen (secondary N) is 1. The Labute approximate surface area is 218 Å². The lowest BCUT2D eigenvalue weighted by molar-refractivity contribution is 0.273. The van der Waals surface area contributed by atoms with Crippen LogP contribution in [0.1, 0.15) is 20.3 Å². The van der Waals surface area contributed by atoms with Gasteiger partial charge in [0.25, 0.3) is 0 Å². The summed E-state index contributed by atoms with van der Waals surface area (Å²) in [7, 11) is -2.09. The number of hydrogen-bond donors (Lipinski definition) is 1. The summed E-state index contributed by atoms with van der Waals surface area (Å²) < 4.78 is 47.5. The highest BCUT2D eigenvalue weighted by atomic mass is 32.2. The van der Waals surface area contributed by atoms with E-state index in [4.69, 9.17) is 4.74 Å². The monoisotopic (exact) mass is 524 g/mol. The van der Waals surface area contributed by atoms with E-state index in [9.17, 15) is 12.8 Å². The van der Waals surface area contributed by atoms with Crippen molar-refractivity contribution in [2.24, 2.45) is 5.92 Å². The molecule has 0 radical (unpaired) electrons. The normalized spacial score (nSPS) is 19.8. The Bertz CT molecular complexity index is 1350. The van der Waals surface area contributed by atoms with Gasteiger partial charge in [0.15, 0.2) is 0 Å². The van der Waals surface area contributed by atoms with Crippen molar-refractivity contribution < 1.29 is 17.5 Å². The van der Waals surface area contributed by atoms with Crippen molar-refractivity contribution in [3.63, 3.8) is 0 Å². The lowest BCUT2D eigenvalue weighted by Crippen LogP contribution is -2.42. The highest BCUT2D eigenvalue weighted by Gasteiger charge is 2.39. The maximum Gasteiger partial charge on any atom is 0.243 e. The second-order valence-corrected chi connectivity index (χ2v) is 11.4. The third-order valence-corrected chi connectivity index (χ3v) is 9.36. The van der Waals surface area contributed by atoms with Gasteiger partial charge >= 0.3 is 0 Å². The Morgan fingerprint density at radius 1 is 1.08 bits per heavy atom. The zero-order valence-electron chi connectivity index (χ0n) is 21.4. The molecule has 1 aliphatic carbocycles. The molecule has 5 rings (SSSR count). The Morgan fingerprint density at radius 2 is 1.78 bits per heavy atom. The summed E-state index contributed by atoms with van der Waals surface area (Å²) in [4.78, 5) is 2.64. The molecule has 2 aliphatic heterocycles. The Balaban J connectivity index is 1.50. The van der Waals surface area contributed by atoms with Crippen molar-refractivity contribution in [1.29, 1.82) is 0 Å². The Hall–Kier alpha value is -3.14. The van der Waals surface area contributed by atoms with Crippen LogP contribution in [0.15, 0.2) is 88.1 Å². The van der Waals surface area contributed by atoms with E-state index in [-0.39, 0.29) is 16.6 Å². The van der Waals surface area contributed by atoms with Crippen LogP contribution >= 0.6 is 0 Å². The minimum Gasteiger partial charge on any atom is -0.497 e. The van der Waals surface area contributed by atoms with Crippen molar-refractivity contribution in [3.05, 3.63) is 89.0 Å². The van der Waals surface area contributed by atoms with Gasteiger partial charge in [-0.1, -0.05) is 13.8 Å². The largest absolute Gasteiger partial charge is 0.497 e. The average Bonchev–Trinajstić information content (AvgIpc) is 3.35. The molecule has 3 aliphatic rings. The molecule has 9 heteroatoms.